The first-order valence-corrected chi connectivity index (χ1v) is 6.29. The second-order valence-corrected chi connectivity index (χ2v) is 4.44. The molecule has 2 rings (SSSR count). The molecule has 2 amide bonds. The SMILES string of the molecule is NC(=O)CCCNC(=O)c1cc(N)c2ccccc2n1. The van der Waals surface area contributed by atoms with E-state index in [0.717, 1.165) is 5.39 Å². The number of benzene rings is 1. The van der Waals surface area contributed by atoms with Crippen molar-refractivity contribution in [2.75, 3.05) is 12.3 Å². The first kappa shape index (κ1) is 13.8. The highest BCUT2D eigenvalue weighted by Crippen LogP contribution is 2.19. The number of carbonyl (C=O) groups is 2. The molecule has 0 aliphatic carbocycles. The molecule has 0 bridgehead atoms. The van der Waals surface area contributed by atoms with Gasteiger partial charge < -0.3 is 16.8 Å². The lowest BCUT2D eigenvalue weighted by Gasteiger charge is -2.07. The van der Waals surface area contributed by atoms with Crippen LogP contribution in [0, 0.1) is 0 Å². The normalized spacial score (nSPS) is 10.4. The van der Waals surface area contributed by atoms with Gasteiger partial charge in [0.1, 0.15) is 5.69 Å². The molecule has 1 aromatic heterocycles. The van der Waals surface area contributed by atoms with Gasteiger partial charge >= 0.3 is 0 Å². The molecule has 6 nitrogen and oxygen atoms in total. The Morgan fingerprint density at radius 2 is 2.00 bits per heavy atom. The number of fused-ring (bicyclic) bond motifs is 1. The quantitative estimate of drug-likeness (QED) is 0.699. The molecule has 104 valence electrons. The van der Waals surface area contributed by atoms with Crippen LogP contribution in [0.3, 0.4) is 0 Å². The Morgan fingerprint density at radius 1 is 1.25 bits per heavy atom. The average molecular weight is 272 g/mol. The van der Waals surface area contributed by atoms with E-state index in [1.165, 1.54) is 0 Å². The van der Waals surface area contributed by atoms with Crippen LogP contribution < -0.4 is 16.8 Å². The van der Waals surface area contributed by atoms with Crippen molar-refractivity contribution in [2.45, 2.75) is 12.8 Å². The fourth-order valence-electron chi connectivity index (χ4n) is 1.87. The fourth-order valence-corrected chi connectivity index (χ4v) is 1.87. The maximum absolute atomic E-state index is 11.9. The van der Waals surface area contributed by atoms with E-state index < -0.39 is 0 Å². The van der Waals surface area contributed by atoms with Gasteiger partial charge in [0.15, 0.2) is 0 Å². The van der Waals surface area contributed by atoms with E-state index in [4.69, 9.17) is 11.5 Å². The van der Waals surface area contributed by atoms with Crippen LogP contribution in [0.25, 0.3) is 10.9 Å². The molecule has 20 heavy (non-hydrogen) atoms. The molecule has 0 unspecified atom stereocenters. The number of anilines is 1. The number of aromatic nitrogens is 1. The van der Waals surface area contributed by atoms with E-state index >= 15 is 0 Å². The summed E-state index contributed by atoms with van der Waals surface area (Å²) in [6.07, 6.45) is 0.748. The smallest absolute Gasteiger partial charge is 0.269 e. The topological polar surface area (TPSA) is 111 Å². The van der Waals surface area contributed by atoms with Crippen LogP contribution >= 0.6 is 0 Å². The zero-order valence-electron chi connectivity index (χ0n) is 10.9. The predicted octanol–water partition coefficient (Wildman–Crippen LogP) is 0.812. The van der Waals surface area contributed by atoms with Crippen LogP contribution in [-0.2, 0) is 4.79 Å². The van der Waals surface area contributed by atoms with Gasteiger partial charge in [-0.1, -0.05) is 18.2 Å². The Hall–Kier alpha value is -2.63. The summed E-state index contributed by atoms with van der Waals surface area (Å²) >= 11 is 0. The summed E-state index contributed by atoms with van der Waals surface area (Å²) in [5.74, 6) is -0.695. The number of hydrogen-bond donors (Lipinski definition) is 3. The van der Waals surface area contributed by atoms with Gasteiger partial charge in [0, 0.05) is 24.0 Å². The molecule has 1 aromatic carbocycles. The second kappa shape index (κ2) is 6.01. The molecule has 0 spiro atoms. The Bertz CT molecular complexity index is 655. The summed E-state index contributed by atoms with van der Waals surface area (Å²) in [5.41, 5.74) is 12.4. The minimum Gasteiger partial charge on any atom is -0.398 e. The number of amides is 2. The number of para-hydroxylation sites is 1. The van der Waals surface area contributed by atoms with Crippen LogP contribution in [0.5, 0.6) is 0 Å². The Kier molecular flexibility index (Phi) is 4.14. The number of hydrogen-bond acceptors (Lipinski definition) is 4. The van der Waals surface area contributed by atoms with E-state index in [-0.39, 0.29) is 23.9 Å². The minimum absolute atomic E-state index is 0.244. The maximum atomic E-state index is 11.9. The van der Waals surface area contributed by atoms with Gasteiger partial charge in [0.2, 0.25) is 5.91 Å². The number of nitrogens with one attached hydrogen (secondary N) is 1. The second-order valence-electron chi connectivity index (χ2n) is 4.44. The molecule has 2 aromatic rings. The van der Waals surface area contributed by atoms with Crippen molar-refractivity contribution in [2.24, 2.45) is 5.73 Å². The van der Waals surface area contributed by atoms with Crippen molar-refractivity contribution in [1.82, 2.24) is 10.3 Å². The number of nitrogens with zero attached hydrogens (tertiary/aromatic N) is 1. The lowest BCUT2D eigenvalue weighted by atomic mass is 10.1. The van der Waals surface area contributed by atoms with Crippen LogP contribution in [0.1, 0.15) is 23.3 Å². The van der Waals surface area contributed by atoms with Crippen molar-refractivity contribution in [3.8, 4) is 0 Å². The Balaban J connectivity index is 2.08. The lowest BCUT2D eigenvalue weighted by molar-refractivity contribution is -0.118. The largest absolute Gasteiger partial charge is 0.398 e. The highest BCUT2D eigenvalue weighted by molar-refractivity contribution is 5.99. The van der Waals surface area contributed by atoms with Crippen molar-refractivity contribution in [1.29, 1.82) is 0 Å². The molecule has 0 saturated carbocycles. The number of rotatable bonds is 5. The van der Waals surface area contributed by atoms with Crippen molar-refractivity contribution >= 4 is 28.4 Å². The van der Waals surface area contributed by atoms with Gasteiger partial charge in [0.25, 0.3) is 5.91 Å². The summed E-state index contributed by atoms with van der Waals surface area (Å²) < 4.78 is 0. The number of nitrogen functional groups attached to an aromatic ring is 1. The van der Waals surface area contributed by atoms with Gasteiger partial charge in [-0.3, -0.25) is 9.59 Å². The van der Waals surface area contributed by atoms with E-state index in [0.29, 0.717) is 24.2 Å². The highest BCUT2D eigenvalue weighted by Gasteiger charge is 2.10. The third-order valence-corrected chi connectivity index (χ3v) is 2.87. The van der Waals surface area contributed by atoms with Crippen molar-refractivity contribution < 1.29 is 9.59 Å². The molecule has 0 aliphatic rings. The standard InChI is InChI=1S/C14H16N4O2/c15-10-8-12(14(20)17-7-3-6-13(16)19)18-11-5-2-1-4-9(10)11/h1-2,4-5,8H,3,6-7H2,(H2,15,18)(H2,16,19)(H,17,20). The predicted molar refractivity (Wildman–Crippen MR) is 76.9 cm³/mol. The van der Waals surface area contributed by atoms with Crippen LogP contribution in [0.4, 0.5) is 5.69 Å². The zero-order valence-corrected chi connectivity index (χ0v) is 10.9. The number of carbonyl (C=O) groups excluding carboxylic acids is 2. The summed E-state index contributed by atoms with van der Waals surface area (Å²) in [7, 11) is 0. The summed E-state index contributed by atoms with van der Waals surface area (Å²) in [5, 5.41) is 3.50. The molecular formula is C14H16N4O2. The van der Waals surface area contributed by atoms with Crippen LogP contribution in [-0.4, -0.2) is 23.3 Å². The number of nitrogens with two attached hydrogens (primary N) is 2. The zero-order chi connectivity index (χ0) is 14.5. The van der Waals surface area contributed by atoms with Crippen molar-refractivity contribution in [3.63, 3.8) is 0 Å². The Labute approximate surface area is 116 Å². The van der Waals surface area contributed by atoms with Crippen LogP contribution in [0.15, 0.2) is 30.3 Å². The third-order valence-electron chi connectivity index (χ3n) is 2.87. The molecule has 0 aliphatic heterocycles. The van der Waals surface area contributed by atoms with Crippen molar-refractivity contribution in [3.05, 3.63) is 36.0 Å². The summed E-state index contributed by atoms with van der Waals surface area (Å²) in [6.45, 7) is 0.371. The molecular weight excluding hydrogens is 256 g/mol. The van der Waals surface area contributed by atoms with E-state index in [1.807, 2.05) is 18.2 Å². The monoisotopic (exact) mass is 272 g/mol. The fraction of sp³-hybridized carbons (Fsp3) is 0.214. The molecule has 0 radical (unpaired) electrons. The van der Waals surface area contributed by atoms with Gasteiger partial charge in [-0.15, -0.1) is 0 Å². The van der Waals surface area contributed by atoms with E-state index in [9.17, 15) is 9.59 Å². The molecule has 1 heterocycles. The van der Waals surface area contributed by atoms with Gasteiger partial charge in [-0.25, -0.2) is 4.98 Å². The highest BCUT2D eigenvalue weighted by atomic mass is 16.2. The van der Waals surface area contributed by atoms with E-state index in [2.05, 4.69) is 10.3 Å². The van der Waals surface area contributed by atoms with E-state index in [1.54, 1.807) is 12.1 Å². The molecule has 6 heteroatoms. The van der Waals surface area contributed by atoms with Gasteiger partial charge in [-0.05, 0) is 18.6 Å². The first-order chi connectivity index (χ1) is 9.58. The Morgan fingerprint density at radius 3 is 2.75 bits per heavy atom. The molecule has 0 saturated heterocycles. The minimum atomic E-state index is -0.382. The lowest BCUT2D eigenvalue weighted by Crippen LogP contribution is -2.26. The number of pyridine rings is 1. The summed E-state index contributed by atoms with van der Waals surface area (Å²) in [4.78, 5) is 26.8. The average Bonchev–Trinajstić information content (AvgIpc) is 2.43. The number of primary amides is 1. The first-order valence-electron chi connectivity index (χ1n) is 6.29. The van der Waals surface area contributed by atoms with Gasteiger partial charge in [-0.2, -0.15) is 0 Å². The van der Waals surface area contributed by atoms with Crippen LogP contribution in [0.2, 0.25) is 0 Å². The molecule has 0 fully saturated rings. The molecule has 0 atom stereocenters. The third kappa shape index (κ3) is 3.23. The summed E-state index contributed by atoms with van der Waals surface area (Å²) in [6, 6.07) is 8.90. The maximum Gasteiger partial charge on any atom is 0.269 e. The van der Waals surface area contributed by atoms with Gasteiger partial charge in [0.05, 0.1) is 5.52 Å². The molecule has 5 N–H and O–H groups in total.